The molecule has 1 amide bonds. The molecule has 0 aromatic heterocycles. The Morgan fingerprint density at radius 2 is 2.11 bits per heavy atom. The Bertz CT molecular complexity index is 511. The smallest absolute Gasteiger partial charge is 0.254 e. The van der Waals surface area contributed by atoms with Crippen LogP contribution in [0.25, 0.3) is 0 Å². The first-order valence-corrected chi connectivity index (χ1v) is 7.17. The van der Waals surface area contributed by atoms with E-state index in [0.29, 0.717) is 17.9 Å². The van der Waals surface area contributed by atoms with E-state index in [1.807, 2.05) is 26.0 Å². The molecule has 1 aromatic carbocycles. The number of amides is 1. The Hall–Kier alpha value is -1.35. The Kier molecular flexibility index (Phi) is 3.09. The third kappa shape index (κ3) is 2.06. The Balaban J connectivity index is 1.86. The van der Waals surface area contributed by atoms with E-state index in [2.05, 4.69) is 23.2 Å². The van der Waals surface area contributed by atoms with Crippen LogP contribution in [0.3, 0.4) is 0 Å². The molecule has 19 heavy (non-hydrogen) atoms. The van der Waals surface area contributed by atoms with Crippen LogP contribution in [0.5, 0.6) is 0 Å². The highest BCUT2D eigenvalue weighted by Crippen LogP contribution is 2.33. The van der Waals surface area contributed by atoms with E-state index >= 15 is 0 Å². The molecule has 2 saturated heterocycles. The molecule has 2 aliphatic rings. The number of hydrogen-bond acceptors (Lipinski definition) is 2. The van der Waals surface area contributed by atoms with Gasteiger partial charge in [0.25, 0.3) is 5.91 Å². The molecule has 1 N–H and O–H groups in total. The third-order valence-corrected chi connectivity index (χ3v) is 4.82. The lowest BCUT2D eigenvalue weighted by Crippen LogP contribution is -2.38. The van der Waals surface area contributed by atoms with Crippen LogP contribution in [0.2, 0.25) is 0 Å². The minimum atomic E-state index is 0.211. The first-order chi connectivity index (χ1) is 9.08. The van der Waals surface area contributed by atoms with Crippen molar-refractivity contribution in [1.29, 1.82) is 0 Å². The fourth-order valence-corrected chi connectivity index (χ4v) is 3.56. The highest BCUT2D eigenvalue weighted by molar-refractivity contribution is 5.96. The van der Waals surface area contributed by atoms with Gasteiger partial charge in [-0.15, -0.1) is 0 Å². The number of likely N-dealkylation sites (tertiary alicyclic amines) is 1. The maximum Gasteiger partial charge on any atom is 0.254 e. The maximum atomic E-state index is 12.8. The molecular weight excluding hydrogens is 236 g/mol. The molecule has 3 unspecified atom stereocenters. The van der Waals surface area contributed by atoms with E-state index in [9.17, 15) is 4.79 Å². The molecule has 102 valence electrons. The van der Waals surface area contributed by atoms with E-state index in [-0.39, 0.29) is 5.91 Å². The summed E-state index contributed by atoms with van der Waals surface area (Å²) in [6, 6.07) is 6.49. The van der Waals surface area contributed by atoms with Crippen molar-refractivity contribution in [3.05, 3.63) is 34.9 Å². The second-order valence-corrected chi connectivity index (χ2v) is 6.10. The van der Waals surface area contributed by atoms with Crippen molar-refractivity contribution < 1.29 is 4.79 Å². The van der Waals surface area contributed by atoms with Gasteiger partial charge in [0.2, 0.25) is 0 Å². The number of aryl methyl sites for hydroxylation is 2. The third-order valence-electron chi connectivity index (χ3n) is 4.82. The van der Waals surface area contributed by atoms with Gasteiger partial charge in [0, 0.05) is 31.2 Å². The van der Waals surface area contributed by atoms with Gasteiger partial charge in [0.05, 0.1) is 0 Å². The fourth-order valence-electron chi connectivity index (χ4n) is 3.56. The van der Waals surface area contributed by atoms with Crippen LogP contribution >= 0.6 is 0 Å². The molecule has 2 fully saturated rings. The van der Waals surface area contributed by atoms with Crippen molar-refractivity contribution in [2.45, 2.75) is 26.8 Å². The van der Waals surface area contributed by atoms with Crippen LogP contribution < -0.4 is 5.32 Å². The van der Waals surface area contributed by atoms with Crippen LogP contribution in [-0.2, 0) is 0 Å². The minimum absolute atomic E-state index is 0.211. The van der Waals surface area contributed by atoms with E-state index in [0.717, 1.165) is 36.3 Å². The zero-order valence-corrected chi connectivity index (χ0v) is 11.9. The summed E-state index contributed by atoms with van der Waals surface area (Å²) in [6.07, 6.45) is 0. The van der Waals surface area contributed by atoms with Crippen molar-refractivity contribution in [2.24, 2.45) is 11.8 Å². The number of fused-ring (bicyclic) bond motifs is 1. The molecule has 3 rings (SSSR count). The molecule has 0 bridgehead atoms. The zero-order chi connectivity index (χ0) is 13.6. The molecule has 0 radical (unpaired) electrons. The highest BCUT2D eigenvalue weighted by Gasteiger charge is 2.43. The number of carbonyl (C=O) groups is 1. The first kappa shape index (κ1) is 12.7. The Morgan fingerprint density at radius 3 is 2.84 bits per heavy atom. The molecule has 3 atom stereocenters. The molecule has 2 heterocycles. The fraction of sp³-hybridized carbons (Fsp3) is 0.562. The number of rotatable bonds is 1. The van der Waals surface area contributed by atoms with Crippen LogP contribution in [0, 0.1) is 25.7 Å². The van der Waals surface area contributed by atoms with E-state index in [4.69, 9.17) is 0 Å². The van der Waals surface area contributed by atoms with Crippen LogP contribution in [-0.4, -0.2) is 36.5 Å². The Labute approximate surface area is 115 Å². The number of benzene rings is 1. The molecule has 3 heteroatoms. The van der Waals surface area contributed by atoms with Gasteiger partial charge in [0.15, 0.2) is 0 Å². The molecule has 0 spiro atoms. The van der Waals surface area contributed by atoms with Crippen molar-refractivity contribution in [3.8, 4) is 0 Å². The first-order valence-electron chi connectivity index (χ1n) is 7.17. The topological polar surface area (TPSA) is 32.3 Å². The van der Waals surface area contributed by atoms with Gasteiger partial charge in [-0.1, -0.05) is 17.7 Å². The number of nitrogens with one attached hydrogen (secondary N) is 1. The summed E-state index contributed by atoms with van der Waals surface area (Å²) >= 11 is 0. The SMILES string of the molecule is Cc1ccc(C)c(C(=O)N2CC3CNCC3C2C)c1. The summed E-state index contributed by atoms with van der Waals surface area (Å²) in [7, 11) is 0. The lowest BCUT2D eigenvalue weighted by molar-refractivity contribution is 0.0727. The largest absolute Gasteiger partial charge is 0.335 e. The number of carbonyl (C=O) groups excluding carboxylic acids is 1. The highest BCUT2D eigenvalue weighted by atomic mass is 16.2. The summed E-state index contributed by atoms with van der Waals surface area (Å²) in [5, 5.41) is 3.44. The minimum Gasteiger partial charge on any atom is -0.335 e. The quantitative estimate of drug-likeness (QED) is 0.835. The summed E-state index contributed by atoms with van der Waals surface area (Å²) in [5.41, 5.74) is 3.11. The molecule has 0 saturated carbocycles. The second-order valence-electron chi connectivity index (χ2n) is 6.10. The molecule has 0 aliphatic carbocycles. The van der Waals surface area contributed by atoms with Crippen LogP contribution in [0.1, 0.15) is 28.4 Å². The van der Waals surface area contributed by atoms with Gasteiger partial charge >= 0.3 is 0 Å². The van der Waals surface area contributed by atoms with Crippen molar-refractivity contribution in [1.82, 2.24) is 10.2 Å². The van der Waals surface area contributed by atoms with Gasteiger partial charge < -0.3 is 10.2 Å². The molecule has 1 aromatic rings. The predicted octanol–water partition coefficient (Wildman–Crippen LogP) is 1.98. The summed E-state index contributed by atoms with van der Waals surface area (Å²) in [5.74, 6) is 1.49. The average molecular weight is 258 g/mol. The zero-order valence-electron chi connectivity index (χ0n) is 11.9. The molecule has 2 aliphatic heterocycles. The predicted molar refractivity (Wildman–Crippen MR) is 76.3 cm³/mol. The van der Waals surface area contributed by atoms with E-state index in [1.54, 1.807) is 0 Å². The standard InChI is InChI=1S/C16H22N2O/c1-10-4-5-11(2)14(6-10)16(19)18-9-13-7-17-8-15(13)12(18)3/h4-6,12-13,15,17H,7-9H2,1-3H3. The van der Waals surface area contributed by atoms with E-state index in [1.165, 1.54) is 0 Å². The second kappa shape index (κ2) is 4.64. The van der Waals surface area contributed by atoms with E-state index < -0.39 is 0 Å². The summed E-state index contributed by atoms with van der Waals surface area (Å²) in [6.45, 7) is 9.29. The van der Waals surface area contributed by atoms with Crippen molar-refractivity contribution >= 4 is 5.91 Å². The van der Waals surface area contributed by atoms with Gasteiger partial charge in [-0.2, -0.15) is 0 Å². The van der Waals surface area contributed by atoms with Crippen LogP contribution in [0.15, 0.2) is 18.2 Å². The molecule has 3 nitrogen and oxygen atoms in total. The lowest BCUT2D eigenvalue weighted by atomic mass is 9.95. The van der Waals surface area contributed by atoms with Crippen LogP contribution in [0.4, 0.5) is 0 Å². The lowest BCUT2D eigenvalue weighted by Gasteiger charge is -2.25. The molecular formula is C16H22N2O. The number of nitrogens with zero attached hydrogens (tertiary/aromatic N) is 1. The Morgan fingerprint density at radius 1 is 1.32 bits per heavy atom. The van der Waals surface area contributed by atoms with Crippen molar-refractivity contribution in [2.75, 3.05) is 19.6 Å². The summed E-state index contributed by atoms with van der Waals surface area (Å²) in [4.78, 5) is 14.8. The van der Waals surface area contributed by atoms with Gasteiger partial charge in [-0.3, -0.25) is 4.79 Å². The van der Waals surface area contributed by atoms with Gasteiger partial charge in [-0.05, 0) is 44.2 Å². The monoisotopic (exact) mass is 258 g/mol. The van der Waals surface area contributed by atoms with Crippen molar-refractivity contribution in [3.63, 3.8) is 0 Å². The normalized spacial score (nSPS) is 29.6. The van der Waals surface area contributed by atoms with Gasteiger partial charge in [0.1, 0.15) is 0 Å². The van der Waals surface area contributed by atoms with Gasteiger partial charge in [-0.25, -0.2) is 0 Å². The maximum absolute atomic E-state index is 12.8. The number of hydrogen-bond donors (Lipinski definition) is 1. The average Bonchev–Trinajstić information content (AvgIpc) is 2.95. The summed E-state index contributed by atoms with van der Waals surface area (Å²) < 4.78 is 0.